The van der Waals surface area contributed by atoms with Crippen molar-refractivity contribution in [1.82, 2.24) is 4.90 Å². The molecule has 5 heteroatoms. The Hall–Kier alpha value is -0.550. The van der Waals surface area contributed by atoms with Crippen molar-refractivity contribution in [3.05, 3.63) is 0 Å². The van der Waals surface area contributed by atoms with E-state index in [1.165, 1.54) is 0 Å². The van der Waals surface area contributed by atoms with Gasteiger partial charge < -0.3 is 10.6 Å². The van der Waals surface area contributed by atoms with Crippen molar-refractivity contribution in [2.75, 3.05) is 5.75 Å². The minimum absolute atomic E-state index is 0.0578. The van der Waals surface area contributed by atoms with Crippen molar-refractivity contribution in [1.29, 1.82) is 0 Å². The van der Waals surface area contributed by atoms with Crippen molar-refractivity contribution >= 4 is 23.5 Å². The van der Waals surface area contributed by atoms with E-state index in [0.717, 1.165) is 5.75 Å². The number of hydrogen-bond donors (Lipinski definition) is 1. The highest BCUT2D eigenvalue weighted by molar-refractivity contribution is 8.00. The molecule has 2 aliphatic heterocycles. The third-order valence-corrected chi connectivity index (χ3v) is 4.47. The molecule has 3 unspecified atom stereocenters. The molecule has 0 aromatic rings. The van der Waals surface area contributed by atoms with Gasteiger partial charge in [-0.25, -0.2) is 0 Å². The number of ketones is 1. The number of carbonyl (C=O) groups is 2. The number of nitrogens with two attached hydrogens (primary N) is 1. The van der Waals surface area contributed by atoms with Gasteiger partial charge in [0.05, 0.1) is 11.4 Å². The van der Waals surface area contributed by atoms with E-state index in [1.807, 2.05) is 20.8 Å². The van der Waals surface area contributed by atoms with Crippen molar-refractivity contribution in [3.63, 3.8) is 0 Å². The van der Waals surface area contributed by atoms with Gasteiger partial charge in [-0.3, -0.25) is 9.59 Å². The molecule has 0 saturated carbocycles. The first-order valence-corrected chi connectivity index (χ1v) is 6.61. The number of carbonyl (C=O) groups excluding carboxylic acids is 2. The van der Waals surface area contributed by atoms with Crippen LogP contribution in [0.15, 0.2) is 0 Å². The van der Waals surface area contributed by atoms with Crippen LogP contribution in [-0.4, -0.2) is 39.8 Å². The summed E-state index contributed by atoms with van der Waals surface area (Å²) in [5, 5.41) is 0.124. The van der Waals surface area contributed by atoms with Crippen molar-refractivity contribution in [3.8, 4) is 0 Å². The topological polar surface area (TPSA) is 63.4 Å². The third kappa shape index (κ3) is 1.76. The Labute approximate surface area is 99.9 Å². The van der Waals surface area contributed by atoms with Crippen LogP contribution in [-0.2, 0) is 9.59 Å². The van der Waals surface area contributed by atoms with Crippen molar-refractivity contribution < 1.29 is 9.59 Å². The Morgan fingerprint density at radius 1 is 1.50 bits per heavy atom. The summed E-state index contributed by atoms with van der Waals surface area (Å²) in [6.45, 7) is 5.69. The first kappa shape index (κ1) is 11.9. The van der Waals surface area contributed by atoms with Crippen molar-refractivity contribution in [2.24, 2.45) is 11.1 Å². The molecule has 0 aromatic heterocycles. The Bertz CT molecular complexity index is 337. The molecule has 0 aliphatic carbocycles. The van der Waals surface area contributed by atoms with Crippen molar-refractivity contribution in [2.45, 2.75) is 44.6 Å². The molecule has 1 amide bonds. The van der Waals surface area contributed by atoms with E-state index in [4.69, 9.17) is 5.73 Å². The molecule has 4 nitrogen and oxygen atoms in total. The summed E-state index contributed by atoms with van der Waals surface area (Å²) in [5.41, 5.74) is 5.33. The normalized spacial score (nSPS) is 34.4. The minimum atomic E-state index is -0.409. The summed E-state index contributed by atoms with van der Waals surface area (Å²) in [6, 6.07) is -0.677. The zero-order valence-electron chi connectivity index (χ0n) is 9.90. The zero-order chi connectivity index (χ0) is 12.1. The highest BCUT2D eigenvalue weighted by atomic mass is 32.2. The van der Waals surface area contributed by atoms with Gasteiger partial charge in [-0.15, -0.1) is 11.8 Å². The van der Waals surface area contributed by atoms with Gasteiger partial charge in [0.15, 0.2) is 5.78 Å². The zero-order valence-corrected chi connectivity index (χ0v) is 10.7. The molecule has 2 heterocycles. The SMILES string of the molecule is CC(C)(C)C(=O)C1CSC2CC(N)C(=O)N21. The number of hydrogen-bond acceptors (Lipinski definition) is 4. The van der Waals surface area contributed by atoms with Crippen LogP contribution >= 0.6 is 11.8 Å². The first-order chi connectivity index (χ1) is 7.32. The van der Waals surface area contributed by atoms with Crippen LogP contribution in [0.2, 0.25) is 0 Å². The van der Waals surface area contributed by atoms with Gasteiger partial charge in [0, 0.05) is 17.6 Å². The van der Waals surface area contributed by atoms with E-state index in [9.17, 15) is 9.59 Å². The highest BCUT2D eigenvalue weighted by Gasteiger charge is 2.50. The molecule has 0 spiro atoms. The number of rotatable bonds is 1. The molecule has 2 rings (SSSR count). The minimum Gasteiger partial charge on any atom is -0.320 e. The van der Waals surface area contributed by atoms with Gasteiger partial charge in [-0.2, -0.15) is 0 Å². The van der Waals surface area contributed by atoms with E-state index in [1.54, 1.807) is 16.7 Å². The monoisotopic (exact) mass is 242 g/mol. The van der Waals surface area contributed by atoms with Crippen LogP contribution in [0.3, 0.4) is 0 Å². The maximum atomic E-state index is 12.2. The molecular formula is C11H18N2O2S. The Kier molecular flexibility index (Phi) is 2.78. The van der Waals surface area contributed by atoms with Crippen LogP contribution in [0, 0.1) is 5.41 Å². The molecule has 2 aliphatic rings. The smallest absolute Gasteiger partial charge is 0.241 e. The van der Waals surface area contributed by atoms with E-state index >= 15 is 0 Å². The molecule has 0 aromatic carbocycles. The Balaban J connectivity index is 2.20. The van der Waals surface area contributed by atoms with E-state index in [2.05, 4.69) is 0 Å². The largest absolute Gasteiger partial charge is 0.320 e. The quantitative estimate of drug-likeness (QED) is 0.731. The van der Waals surface area contributed by atoms with Crippen LogP contribution in [0.5, 0.6) is 0 Å². The molecule has 2 fully saturated rings. The summed E-state index contributed by atoms with van der Waals surface area (Å²) >= 11 is 1.68. The summed E-state index contributed by atoms with van der Waals surface area (Å²) in [6.07, 6.45) is 0.678. The summed E-state index contributed by atoms with van der Waals surface area (Å²) in [4.78, 5) is 25.8. The fourth-order valence-corrected chi connectivity index (χ4v) is 3.72. The number of fused-ring (bicyclic) bond motifs is 1. The van der Waals surface area contributed by atoms with E-state index < -0.39 is 11.5 Å². The first-order valence-electron chi connectivity index (χ1n) is 5.56. The maximum absolute atomic E-state index is 12.2. The summed E-state index contributed by atoms with van der Waals surface area (Å²) < 4.78 is 0. The second-order valence-electron chi connectivity index (χ2n) is 5.51. The Morgan fingerprint density at radius 3 is 2.69 bits per heavy atom. The van der Waals surface area contributed by atoms with Gasteiger partial charge in [-0.1, -0.05) is 20.8 Å². The van der Waals surface area contributed by atoms with Crippen LogP contribution in [0.1, 0.15) is 27.2 Å². The fourth-order valence-electron chi connectivity index (χ4n) is 2.25. The number of amides is 1. The van der Waals surface area contributed by atoms with E-state index in [0.29, 0.717) is 6.42 Å². The lowest BCUT2D eigenvalue weighted by Crippen LogP contribution is -2.48. The number of thioether (sulfide) groups is 1. The lowest BCUT2D eigenvalue weighted by molar-refractivity contribution is -0.139. The second-order valence-corrected chi connectivity index (χ2v) is 6.72. The average molecular weight is 242 g/mol. The molecule has 90 valence electrons. The van der Waals surface area contributed by atoms with Crippen LogP contribution < -0.4 is 5.73 Å². The van der Waals surface area contributed by atoms with Gasteiger partial charge in [0.25, 0.3) is 0 Å². The Morgan fingerprint density at radius 2 is 2.12 bits per heavy atom. The molecule has 2 N–H and O–H groups in total. The second kappa shape index (κ2) is 3.74. The molecule has 16 heavy (non-hydrogen) atoms. The summed E-state index contributed by atoms with van der Waals surface area (Å²) in [7, 11) is 0. The molecule has 3 atom stereocenters. The lowest BCUT2D eigenvalue weighted by atomic mass is 9.86. The molecule has 0 bridgehead atoms. The van der Waals surface area contributed by atoms with Crippen LogP contribution in [0.25, 0.3) is 0 Å². The van der Waals surface area contributed by atoms with Crippen LogP contribution in [0.4, 0.5) is 0 Å². The molecular weight excluding hydrogens is 224 g/mol. The maximum Gasteiger partial charge on any atom is 0.241 e. The fraction of sp³-hybridized carbons (Fsp3) is 0.818. The predicted molar refractivity (Wildman–Crippen MR) is 63.9 cm³/mol. The standard InChI is InChI=1S/C11H18N2O2S/c1-11(2,3)9(14)7-5-16-8-4-6(12)10(15)13(7)8/h6-8H,4-5,12H2,1-3H3. The van der Waals surface area contributed by atoms with Gasteiger partial charge >= 0.3 is 0 Å². The number of nitrogens with zero attached hydrogens (tertiary/aromatic N) is 1. The molecule has 0 radical (unpaired) electrons. The average Bonchev–Trinajstić information content (AvgIpc) is 2.67. The van der Waals surface area contributed by atoms with E-state index in [-0.39, 0.29) is 23.1 Å². The summed E-state index contributed by atoms with van der Waals surface area (Å²) in [5.74, 6) is 0.807. The van der Waals surface area contributed by atoms with Gasteiger partial charge in [-0.05, 0) is 0 Å². The van der Waals surface area contributed by atoms with Gasteiger partial charge in [0.1, 0.15) is 6.04 Å². The third-order valence-electron chi connectivity index (χ3n) is 3.16. The molecule has 2 saturated heterocycles. The highest BCUT2D eigenvalue weighted by Crippen LogP contribution is 2.39. The number of Topliss-reactive ketones (excluding diaryl/α,β-unsaturated/α-hetero) is 1. The lowest BCUT2D eigenvalue weighted by Gasteiger charge is -2.28. The van der Waals surface area contributed by atoms with Gasteiger partial charge in [0.2, 0.25) is 5.91 Å². The predicted octanol–water partition coefficient (Wildman–Crippen LogP) is 0.603.